The van der Waals surface area contributed by atoms with Crippen LogP contribution in [0.2, 0.25) is 0 Å². The zero-order valence-electron chi connectivity index (χ0n) is 36.3. The van der Waals surface area contributed by atoms with Gasteiger partial charge in [0.05, 0.1) is 46.7 Å². The highest BCUT2D eigenvalue weighted by Gasteiger charge is 2.52. The number of imidazole rings is 1. The summed E-state index contributed by atoms with van der Waals surface area (Å²) in [4.78, 5) is 46.9. The normalized spacial score (nSPS) is 19.2. The Balaban J connectivity index is 1.05. The molecule has 328 valence electrons. The Labute approximate surface area is 364 Å². The zero-order valence-corrected chi connectivity index (χ0v) is 36.3. The molecule has 5 aromatic heterocycles. The summed E-state index contributed by atoms with van der Waals surface area (Å²) in [5.41, 5.74) is 4.17. The van der Waals surface area contributed by atoms with E-state index in [0.717, 1.165) is 29.3 Å². The lowest BCUT2D eigenvalue weighted by molar-refractivity contribution is -0.0592. The minimum atomic E-state index is -0.817. The molecule has 2 atom stereocenters. The Kier molecular flexibility index (Phi) is 8.77. The number of carbonyl (C=O) groups excluding carboxylic acids is 1. The number of fused-ring (bicyclic) bond motifs is 3. The molecule has 11 rings (SSSR count). The lowest BCUT2D eigenvalue weighted by Gasteiger charge is -2.35. The quantitative estimate of drug-likeness (QED) is 0.175. The maximum absolute atomic E-state index is 16.1. The zero-order chi connectivity index (χ0) is 44.6. The van der Waals surface area contributed by atoms with Crippen molar-refractivity contribution >= 4 is 27.7 Å². The summed E-state index contributed by atoms with van der Waals surface area (Å²) in [5, 5.41) is 14.5. The van der Waals surface area contributed by atoms with Crippen molar-refractivity contribution in [3.05, 3.63) is 134 Å². The number of nitrogens with one attached hydrogen (secondary N) is 1. The molecule has 3 aliphatic rings. The largest absolute Gasteiger partial charge is 0.438 e. The van der Waals surface area contributed by atoms with Crippen molar-refractivity contribution in [3.63, 3.8) is 0 Å². The molecule has 64 heavy (non-hydrogen) atoms. The van der Waals surface area contributed by atoms with Crippen LogP contribution in [-0.2, 0) is 23.9 Å². The van der Waals surface area contributed by atoms with E-state index < -0.39 is 28.8 Å². The van der Waals surface area contributed by atoms with Crippen LogP contribution in [0.25, 0.3) is 44.4 Å². The molecule has 3 aromatic carbocycles. The minimum Gasteiger partial charge on any atom is -0.376 e. The first-order chi connectivity index (χ1) is 30.6. The second-order valence-corrected chi connectivity index (χ2v) is 18.3. The fourth-order valence-corrected chi connectivity index (χ4v) is 10.4. The molecule has 17 heteroatoms. The summed E-state index contributed by atoms with van der Waals surface area (Å²) >= 11 is 0. The van der Waals surface area contributed by atoms with Crippen molar-refractivity contribution in [2.75, 3.05) is 13.2 Å². The van der Waals surface area contributed by atoms with Crippen LogP contribution in [0, 0.1) is 25.5 Å². The van der Waals surface area contributed by atoms with Crippen LogP contribution in [0.5, 0.6) is 0 Å². The van der Waals surface area contributed by atoms with Gasteiger partial charge in [0.2, 0.25) is 0 Å². The number of aromatic amines is 1. The number of halogens is 2. The average Bonchev–Trinajstić information content (AvgIpc) is 3.72. The van der Waals surface area contributed by atoms with Crippen LogP contribution in [0.15, 0.2) is 81.2 Å². The molecule has 1 N–H and O–H groups in total. The number of hydrogen-bond acceptors (Lipinski definition) is 8. The second-order valence-electron chi connectivity index (χ2n) is 18.3. The maximum atomic E-state index is 16.1. The third-order valence-corrected chi connectivity index (χ3v) is 13.7. The third-order valence-electron chi connectivity index (χ3n) is 13.7. The van der Waals surface area contributed by atoms with Crippen LogP contribution in [0.4, 0.5) is 8.78 Å². The number of H-pyrrole nitrogens is 1. The van der Waals surface area contributed by atoms with Gasteiger partial charge in [-0.2, -0.15) is 10.2 Å². The molecule has 0 bridgehead atoms. The van der Waals surface area contributed by atoms with E-state index in [1.165, 1.54) is 21.5 Å². The van der Waals surface area contributed by atoms with Crippen molar-refractivity contribution in [1.29, 1.82) is 0 Å². The van der Waals surface area contributed by atoms with Crippen LogP contribution < -0.4 is 11.4 Å². The van der Waals surface area contributed by atoms with Gasteiger partial charge in [-0.15, -0.1) is 0 Å². The monoisotopic (exact) mass is 868 g/mol. The fourth-order valence-electron chi connectivity index (χ4n) is 10.4. The number of nitrogens with zero attached hydrogens (tertiary/aromatic N) is 9. The molecular weight excluding hydrogens is 823 g/mol. The van der Waals surface area contributed by atoms with Gasteiger partial charge in [0.15, 0.2) is 11.6 Å². The Hall–Kier alpha value is -6.88. The Morgan fingerprint density at radius 3 is 2.41 bits per heavy atom. The van der Waals surface area contributed by atoms with Gasteiger partial charge < -0.3 is 14.2 Å². The molecule has 1 amide bonds. The molecule has 0 spiro atoms. The molecule has 1 saturated carbocycles. The van der Waals surface area contributed by atoms with Crippen molar-refractivity contribution in [2.45, 2.75) is 89.9 Å². The van der Waals surface area contributed by atoms with Crippen LogP contribution in [-0.4, -0.2) is 73.0 Å². The Morgan fingerprint density at radius 1 is 0.938 bits per heavy atom. The van der Waals surface area contributed by atoms with Gasteiger partial charge in [-0.25, -0.2) is 18.4 Å². The molecule has 8 aromatic rings. The van der Waals surface area contributed by atoms with Gasteiger partial charge in [0.1, 0.15) is 28.4 Å². The molecule has 1 saturated heterocycles. The van der Waals surface area contributed by atoms with Gasteiger partial charge in [-0.1, -0.05) is 11.2 Å². The number of aromatic nitrogens is 9. The van der Waals surface area contributed by atoms with Crippen molar-refractivity contribution in [2.24, 2.45) is 7.05 Å². The van der Waals surface area contributed by atoms with Crippen LogP contribution in [0.3, 0.4) is 0 Å². The molecule has 1 aliphatic carbocycles. The molecule has 2 fully saturated rings. The van der Waals surface area contributed by atoms with Gasteiger partial charge in [0, 0.05) is 49.1 Å². The van der Waals surface area contributed by atoms with Gasteiger partial charge in [-0.05, 0) is 125 Å². The number of aryl methyl sites for hydroxylation is 3. The average molecular weight is 869 g/mol. The van der Waals surface area contributed by atoms with E-state index in [0.29, 0.717) is 70.2 Å². The Bertz CT molecular complexity index is 3330. The highest BCUT2D eigenvalue weighted by Crippen LogP contribution is 2.51. The summed E-state index contributed by atoms with van der Waals surface area (Å²) in [6.45, 7) is 10.7. The maximum Gasteiger partial charge on any atom is 0.438 e. The highest BCUT2D eigenvalue weighted by molar-refractivity contribution is 6.00. The van der Waals surface area contributed by atoms with Crippen LogP contribution >= 0.6 is 0 Å². The van der Waals surface area contributed by atoms with Gasteiger partial charge in [0.25, 0.3) is 5.91 Å². The highest BCUT2D eigenvalue weighted by atomic mass is 19.1. The fraction of sp³-hybridized carbons (Fsp3) is 0.362. The van der Waals surface area contributed by atoms with E-state index in [1.807, 2.05) is 17.6 Å². The summed E-state index contributed by atoms with van der Waals surface area (Å²) in [5.74, 6) is -1.25. The topological polar surface area (TPSA) is 156 Å². The van der Waals surface area contributed by atoms with E-state index >= 15 is 13.6 Å². The predicted octanol–water partition coefficient (Wildman–Crippen LogP) is 7.33. The van der Waals surface area contributed by atoms with E-state index in [4.69, 9.17) is 14.4 Å². The summed E-state index contributed by atoms with van der Waals surface area (Å²) in [7, 11) is 1.72. The predicted molar refractivity (Wildman–Crippen MR) is 233 cm³/mol. The van der Waals surface area contributed by atoms with Crippen molar-refractivity contribution in [3.8, 4) is 22.6 Å². The number of carbonyl (C=O) groups is 1. The van der Waals surface area contributed by atoms with E-state index in [1.54, 1.807) is 65.6 Å². The summed E-state index contributed by atoms with van der Waals surface area (Å²) in [6, 6.07) is 14.3. The molecule has 7 heterocycles. The second kappa shape index (κ2) is 14.1. The minimum absolute atomic E-state index is 0.0455. The molecule has 2 aliphatic heterocycles. The smallest absolute Gasteiger partial charge is 0.376 e. The lowest BCUT2D eigenvalue weighted by Crippen LogP contribution is -2.43. The van der Waals surface area contributed by atoms with Gasteiger partial charge in [-0.3, -0.25) is 32.8 Å². The first-order valence-corrected chi connectivity index (χ1v) is 21.6. The third kappa shape index (κ3) is 5.99. The number of hydrogen-bond donors (Lipinski definition) is 1. The molecule has 15 nitrogen and oxygen atoms in total. The van der Waals surface area contributed by atoms with Crippen LogP contribution in [0.1, 0.15) is 97.1 Å². The number of amides is 1. The molecule has 0 unspecified atom stereocenters. The molecular formula is C47H46F2N10O5. The van der Waals surface area contributed by atoms with E-state index in [-0.39, 0.29) is 47.4 Å². The lowest BCUT2D eigenvalue weighted by atomic mass is 9.83. The number of rotatable bonds is 7. The first kappa shape index (κ1) is 39.9. The molecule has 0 radical (unpaired) electrons. The summed E-state index contributed by atoms with van der Waals surface area (Å²) < 4.78 is 50.3. The van der Waals surface area contributed by atoms with E-state index in [9.17, 15) is 9.59 Å². The van der Waals surface area contributed by atoms with E-state index in [2.05, 4.69) is 47.3 Å². The SMILES string of the molecule is Cc1cc(-c2nn3c(c2-n2ccn(-c4ccc5c(cnn5C)c4F)c2=O)[C@@H](C)N(C(=O)c2cc4cc([C@@H]5CCOC(C)(C)C5)ccc4n2C2(c4noc(=O)[nH]4)CC2)CC3)cc(C)c1F. The Morgan fingerprint density at radius 2 is 1.69 bits per heavy atom. The van der Waals surface area contributed by atoms with Crippen molar-refractivity contribution in [1.82, 2.24) is 48.3 Å². The summed E-state index contributed by atoms with van der Waals surface area (Å²) in [6.07, 6.45) is 7.48. The standard InChI is InChI=1S/C47H46F2N10O5/c1-25-19-31(20-26(2)37(25)48)39-41(57-15-14-56(45(57)62)35-10-9-34-32(38(35)49)24-50-54(34)6)40-27(3)55(16-17-58(40)52-39)42(60)36-22-30-21-28(29-11-18-63-46(4,5)23-29)7-8-33(30)59(36)47(12-13-47)43-51-44(61)64-53-43/h7-10,14-15,19-22,24,27,29H,11-13,16-18,23H2,1-6H3,(H,51,53,61)/t27-,29-/m1/s1. The first-order valence-electron chi connectivity index (χ1n) is 21.6. The van der Waals surface area contributed by atoms with Gasteiger partial charge >= 0.3 is 11.4 Å². The van der Waals surface area contributed by atoms with Crippen molar-refractivity contribution < 1.29 is 22.8 Å². The number of benzene rings is 3. The number of ether oxygens (including phenoxy) is 1.